The first-order valence-corrected chi connectivity index (χ1v) is 11.6. The minimum atomic E-state index is -4.00. The first kappa shape index (κ1) is 22.0. The van der Waals surface area contributed by atoms with Gasteiger partial charge < -0.3 is 15.4 Å². The van der Waals surface area contributed by atoms with Crippen LogP contribution in [0.1, 0.15) is 35.7 Å². The molecule has 2 aliphatic rings. The summed E-state index contributed by atoms with van der Waals surface area (Å²) in [6, 6.07) is 8.58. The molecule has 1 fully saturated rings. The lowest BCUT2D eigenvalue weighted by Gasteiger charge is -2.26. The maximum absolute atomic E-state index is 13.5. The lowest BCUT2D eigenvalue weighted by Crippen LogP contribution is -2.43. The molecule has 0 aliphatic carbocycles. The Kier molecular flexibility index (Phi) is 5.74. The Morgan fingerprint density at radius 2 is 2.00 bits per heavy atom. The van der Waals surface area contributed by atoms with Crippen LogP contribution in [-0.2, 0) is 19.6 Å². The lowest BCUT2D eigenvalue weighted by molar-refractivity contribution is -0.119. The number of amides is 2. The molecule has 2 aromatic rings. The average Bonchev–Trinajstić information content (AvgIpc) is 3.24. The van der Waals surface area contributed by atoms with Crippen LogP contribution in [0.5, 0.6) is 5.75 Å². The van der Waals surface area contributed by atoms with Crippen molar-refractivity contribution in [1.29, 1.82) is 0 Å². The van der Waals surface area contributed by atoms with Crippen molar-refractivity contribution in [2.75, 3.05) is 23.8 Å². The summed E-state index contributed by atoms with van der Waals surface area (Å²) < 4.78 is 33.5. The smallest absolute Gasteiger partial charge is 0.262 e. The van der Waals surface area contributed by atoms with E-state index in [1.165, 1.54) is 17.3 Å². The topological polar surface area (TPSA) is 122 Å². The van der Waals surface area contributed by atoms with E-state index in [1.54, 1.807) is 37.3 Å². The number of hydrogen-bond acceptors (Lipinski definition) is 6. The average molecular weight is 458 g/mol. The summed E-state index contributed by atoms with van der Waals surface area (Å²) in [5, 5.41) is 5.39. The highest BCUT2D eigenvalue weighted by atomic mass is 32.2. The van der Waals surface area contributed by atoms with Gasteiger partial charge in [0.25, 0.3) is 5.91 Å². The fourth-order valence-corrected chi connectivity index (χ4v) is 5.83. The number of sulfonamides is 1. The van der Waals surface area contributed by atoms with Gasteiger partial charge in [0.15, 0.2) is 12.4 Å². The van der Waals surface area contributed by atoms with Crippen molar-refractivity contribution in [3.8, 4) is 5.75 Å². The number of anilines is 2. The number of fused-ring (bicyclic) bond motifs is 1. The minimum absolute atomic E-state index is 0.0330. The highest BCUT2D eigenvalue weighted by Gasteiger charge is 2.40. The largest absolute Gasteiger partial charge is 0.482 e. The second-order valence-corrected chi connectivity index (χ2v) is 9.71. The molecule has 4 rings (SSSR count). The molecule has 10 heteroatoms. The Hall–Kier alpha value is -3.24. The molecule has 0 saturated carbocycles. The second-order valence-electron chi connectivity index (χ2n) is 7.85. The maximum atomic E-state index is 13.5. The molecular weight excluding hydrogens is 434 g/mol. The van der Waals surface area contributed by atoms with Gasteiger partial charge in [0.05, 0.1) is 10.6 Å². The third-order valence-corrected chi connectivity index (χ3v) is 7.59. The van der Waals surface area contributed by atoms with Gasteiger partial charge in [-0.2, -0.15) is 4.31 Å². The van der Waals surface area contributed by atoms with E-state index in [0.29, 0.717) is 35.3 Å². The number of carbonyl (C=O) groups excluding carboxylic acids is 3. The summed E-state index contributed by atoms with van der Waals surface area (Å²) in [5.74, 6) is -0.619. The number of nitrogens with one attached hydrogen (secondary N) is 2. The molecule has 9 nitrogen and oxygen atoms in total. The van der Waals surface area contributed by atoms with Crippen LogP contribution in [0.3, 0.4) is 0 Å². The SMILES string of the molecule is CC(=O)c1cccc(NC(=O)[C@H]2CCCN2S(=O)(=O)c2cc3c(cc2C)NC(=O)CO3)c1. The van der Waals surface area contributed by atoms with E-state index in [-0.39, 0.29) is 35.5 Å². The molecule has 168 valence electrons. The van der Waals surface area contributed by atoms with Crippen molar-refractivity contribution in [3.05, 3.63) is 47.5 Å². The standard InChI is InChI=1S/C22H23N3O6S/c1-13-9-17-19(31-12-21(27)24-17)11-20(13)32(29,30)25-8-4-7-18(25)22(28)23-16-6-3-5-15(10-16)14(2)26/h3,5-6,9-11,18H,4,7-8,12H2,1-2H3,(H,23,28)(H,24,27)/t18-/m1/s1. The van der Waals surface area contributed by atoms with Gasteiger partial charge in [-0.1, -0.05) is 12.1 Å². The normalized spacial score (nSPS) is 18.4. The number of Topliss-reactive ketones (excluding diaryl/α,β-unsaturated/α-hetero) is 1. The van der Waals surface area contributed by atoms with Crippen molar-refractivity contribution < 1.29 is 27.5 Å². The lowest BCUT2D eigenvalue weighted by atomic mass is 10.1. The van der Waals surface area contributed by atoms with Crippen molar-refractivity contribution in [2.45, 2.75) is 37.6 Å². The maximum Gasteiger partial charge on any atom is 0.262 e. The number of carbonyl (C=O) groups is 3. The molecule has 0 bridgehead atoms. The Balaban J connectivity index is 1.60. The molecule has 2 N–H and O–H groups in total. The van der Waals surface area contributed by atoms with Gasteiger partial charge in [-0.15, -0.1) is 0 Å². The summed E-state index contributed by atoms with van der Waals surface area (Å²) >= 11 is 0. The van der Waals surface area contributed by atoms with Crippen molar-refractivity contribution in [1.82, 2.24) is 4.31 Å². The van der Waals surface area contributed by atoms with Gasteiger partial charge in [0.2, 0.25) is 15.9 Å². The predicted molar refractivity (Wildman–Crippen MR) is 117 cm³/mol. The third-order valence-electron chi connectivity index (χ3n) is 5.54. The highest BCUT2D eigenvalue weighted by Crippen LogP contribution is 2.36. The van der Waals surface area contributed by atoms with Crippen LogP contribution in [0, 0.1) is 6.92 Å². The molecule has 2 aliphatic heterocycles. The Labute approximate surface area is 185 Å². The van der Waals surface area contributed by atoms with E-state index in [2.05, 4.69) is 10.6 Å². The van der Waals surface area contributed by atoms with Crippen molar-refractivity contribution in [3.63, 3.8) is 0 Å². The van der Waals surface area contributed by atoms with Crippen LogP contribution in [-0.4, -0.2) is 49.5 Å². The number of ether oxygens (including phenoxy) is 1. The monoisotopic (exact) mass is 457 g/mol. The van der Waals surface area contributed by atoms with Crippen molar-refractivity contribution >= 4 is 39.0 Å². The zero-order valence-corrected chi connectivity index (χ0v) is 18.5. The van der Waals surface area contributed by atoms with Crippen LogP contribution < -0.4 is 15.4 Å². The van der Waals surface area contributed by atoms with E-state index < -0.39 is 22.0 Å². The van der Waals surface area contributed by atoms with Gasteiger partial charge in [0, 0.05) is 23.9 Å². The van der Waals surface area contributed by atoms with Crippen LogP contribution in [0.25, 0.3) is 0 Å². The fourth-order valence-electron chi connectivity index (χ4n) is 3.95. The summed E-state index contributed by atoms with van der Waals surface area (Å²) in [6.07, 6.45) is 0.926. The quantitative estimate of drug-likeness (QED) is 0.665. The number of aryl methyl sites for hydroxylation is 1. The second kappa shape index (κ2) is 8.36. The highest BCUT2D eigenvalue weighted by molar-refractivity contribution is 7.89. The van der Waals surface area contributed by atoms with E-state index in [0.717, 1.165) is 0 Å². The fraction of sp³-hybridized carbons (Fsp3) is 0.318. The van der Waals surface area contributed by atoms with Gasteiger partial charge in [0.1, 0.15) is 11.8 Å². The molecule has 0 radical (unpaired) electrons. The zero-order valence-electron chi connectivity index (χ0n) is 17.7. The Bertz CT molecular complexity index is 1220. The summed E-state index contributed by atoms with van der Waals surface area (Å²) in [5.41, 5.74) is 1.74. The Morgan fingerprint density at radius 3 is 2.75 bits per heavy atom. The predicted octanol–water partition coefficient (Wildman–Crippen LogP) is 2.32. The first-order valence-electron chi connectivity index (χ1n) is 10.2. The van der Waals surface area contributed by atoms with Crippen molar-refractivity contribution in [2.24, 2.45) is 0 Å². The first-order chi connectivity index (χ1) is 15.2. The van der Waals surface area contributed by atoms with Gasteiger partial charge in [-0.3, -0.25) is 14.4 Å². The minimum Gasteiger partial charge on any atom is -0.482 e. The summed E-state index contributed by atoms with van der Waals surface area (Å²) in [7, 11) is -4.00. The summed E-state index contributed by atoms with van der Waals surface area (Å²) in [6.45, 7) is 3.08. The van der Waals surface area contributed by atoms with E-state index in [4.69, 9.17) is 4.74 Å². The number of hydrogen-bond donors (Lipinski definition) is 2. The molecule has 1 saturated heterocycles. The molecule has 0 aromatic heterocycles. The van der Waals surface area contributed by atoms with Gasteiger partial charge in [-0.05, 0) is 50.5 Å². The number of benzene rings is 2. The molecule has 2 aromatic carbocycles. The molecular formula is C22H23N3O6S. The van der Waals surface area contributed by atoms with Gasteiger partial charge in [-0.25, -0.2) is 8.42 Å². The number of ketones is 1. The molecule has 0 unspecified atom stereocenters. The van der Waals surface area contributed by atoms with E-state index in [9.17, 15) is 22.8 Å². The third kappa shape index (κ3) is 4.11. The van der Waals surface area contributed by atoms with Gasteiger partial charge >= 0.3 is 0 Å². The molecule has 1 atom stereocenters. The number of nitrogens with zero attached hydrogens (tertiary/aromatic N) is 1. The van der Waals surface area contributed by atoms with Crippen LogP contribution in [0.15, 0.2) is 41.3 Å². The van der Waals surface area contributed by atoms with E-state index >= 15 is 0 Å². The van der Waals surface area contributed by atoms with Crippen LogP contribution in [0.4, 0.5) is 11.4 Å². The van der Waals surface area contributed by atoms with E-state index in [1.807, 2.05) is 0 Å². The molecule has 2 heterocycles. The number of rotatable bonds is 5. The van der Waals surface area contributed by atoms with Crippen LogP contribution >= 0.6 is 0 Å². The summed E-state index contributed by atoms with van der Waals surface area (Å²) in [4.78, 5) is 36.1. The molecule has 0 spiro atoms. The van der Waals surface area contributed by atoms with Crippen LogP contribution in [0.2, 0.25) is 0 Å². The molecule has 32 heavy (non-hydrogen) atoms. The Morgan fingerprint density at radius 1 is 1.22 bits per heavy atom. The zero-order chi connectivity index (χ0) is 23.0. The molecule has 2 amide bonds.